The summed E-state index contributed by atoms with van der Waals surface area (Å²) in [5.74, 6) is -1.30. The molecule has 0 bridgehead atoms. The monoisotopic (exact) mass is 1220 g/mol. The third-order valence-corrected chi connectivity index (χ3v) is 14.7. The summed E-state index contributed by atoms with van der Waals surface area (Å²) in [6.45, 7) is 1.67. The number of aliphatic hydroxyl groups is 12. The van der Waals surface area contributed by atoms with Gasteiger partial charge in [-0.15, -0.1) is 0 Å². The number of hydrogen-bond acceptors (Lipinski definition) is 14. The van der Waals surface area contributed by atoms with Gasteiger partial charge in [0.15, 0.2) is 0 Å². The van der Waals surface area contributed by atoms with Gasteiger partial charge in [0.05, 0.1) is 52.9 Å². The van der Waals surface area contributed by atoms with Gasteiger partial charge in [-0.1, -0.05) is 322 Å². The zero-order chi connectivity index (χ0) is 63.9. The normalized spacial score (nSPS) is 10.9. The first-order chi connectivity index (χ1) is 40.8. The number of carbonyl (C=O) groups is 2. The molecule has 0 aliphatic rings. The van der Waals surface area contributed by atoms with Gasteiger partial charge in [-0.25, -0.2) is 0 Å². The molecule has 0 spiro atoms. The van der Waals surface area contributed by atoms with Crippen molar-refractivity contribution in [1.29, 1.82) is 0 Å². The summed E-state index contributed by atoms with van der Waals surface area (Å²) in [5.41, 5.74) is 0. The highest BCUT2D eigenvalue weighted by Crippen LogP contribution is 2.18. The van der Waals surface area contributed by atoms with E-state index >= 15 is 0 Å². The van der Waals surface area contributed by atoms with Gasteiger partial charge in [0, 0.05) is 12.8 Å². The Morgan fingerprint density at radius 2 is 0.298 bits per heavy atom. The van der Waals surface area contributed by atoms with Crippen LogP contribution in [0.25, 0.3) is 0 Å². The molecular weight excluding hydrogens is 1070 g/mol. The second kappa shape index (κ2) is 90.2. The predicted molar refractivity (Wildman–Crippen MR) is 347 cm³/mol. The highest BCUT2D eigenvalue weighted by Gasteiger charge is 2.02. The average Bonchev–Trinajstić information content (AvgIpc) is 3.50. The number of hydrogen-bond donors (Lipinski definition) is 14. The van der Waals surface area contributed by atoms with E-state index < -0.39 is 36.4 Å². The van der Waals surface area contributed by atoms with Crippen molar-refractivity contribution in [3.8, 4) is 0 Å². The minimum Gasteiger partial charge on any atom is -0.481 e. The first-order valence-corrected chi connectivity index (χ1v) is 34.8. The Labute approximate surface area is 516 Å². The molecule has 84 heavy (non-hydrogen) atoms. The summed E-state index contributed by atoms with van der Waals surface area (Å²) < 4.78 is 0. The smallest absolute Gasteiger partial charge is 0.303 e. The minimum absolute atomic E-state index is 0.347. The molecule has 0 saturated heterocycles. The molecule has 16 heteroatoms. The summed E-state index contributed by atoms with van der Waals surface area (Å²) in [6.07, 6.45) is 66.2. The molecule has 0 fully saturated rings. The van der Waals surface area contributed by atoms with Gasteiger partial charge >= 0.3 is 11.9 Å². The van der Waals surface area contributed by atoms with E-state index in [2.05, 4.69) is 13.8 Å². The molecule has 0 rings (SSSR count). The third kappa shape index (κ3) is 108. The summed E-state index contributed by atoms with van der Waals surface area (Å²) in [6, 6.07) is 0. The van der Waals surface area contributed by atoms with Gasteiger partial charge in [0.1, 0.15) is 24.4 Å². The van der Waals surface area contributed by atoms with Gasteiger partial charge in [0.2, 0.25) is 0 Å². The fourth-order valence-electron chi connectivity index (χ4n) is 9.06. The number of rotatable bonds is 60. The molecule has 0 aliphatic heterocycles. The Morgan fingerprint density at radius 3 is 0.369 bits per heavy atom. The zero-order valence-electron chi connectivity index (χ0n) is 54.8. The topological polar surface area (TPSA) is 317 Å². The van der Waals surface area contributed by atoms with Gasteiger partial charge in [-0.05, 0) is 12.8 Å². The van der Waals surface area contributed by atoms with Crippen molar-refractivity contribution >= 4 is 11.9 Å². The largest absolute Gasteiger partial charge is 0.481 e. The molecular formula is C68H144O16. The van der Waals surface area contributed by atoms with E-state index in [-0.39, 0.29) is 52.9 Å². The summed E-state index contributed by atoms with van der Waals surface area (Å²) >= 11 is 0. The maximum Gasteiger partial charge on any atom is 0.303 e. The lowest BCUT2D eigenvalue weighted by atomic mass is 10.0. The van der Waals surface area contributed by atoms with Crippen LogP contribution in [0.1, 0.15) is 348 Å². The molecule has 16 nitrogen and oxygen atoms in total. The van der Waals surface area contributed by atoms with Crippen LogP contribution < -0.4 is 0 Å². The Balaban J connectivity index is -0.000000259. The van der Waals surface area contributed by atoms with Crippen LogP contribution in [0.5, 0.6) is 0 Å². The van der Waals surface area contributed by atoms with E-state index in [0.717, 1.165) is 25.7 Å². The lowest BCUT2D eigenvalue weighted by Gasteiger charge is -2.04. The zero-order valence-corrected chi connectivity index (χ0v) is 54.8. The number of carboxylic acid groups (broad SMARTS) is 2. The molecule has 0 unspecified atom stereocenters. The first kappa shape index (κ1) is 93.6. The molecule has 0 heterocycles. The van der Waals surface area contributed by atoms with Gasteiger partial charge in [-0.3, -0.25) is 9.59 Å². The van der Waals surface area contributed by atoms with E-state index in [9.17, 15) is 9.59 Å². The molecule has 0 atom stereocenters. The first-order valence-electron chi connectivity index (χ1n) is 34.8. The quantitative estimate of drug-likeness (QED) is 0.0252. The number of carboxylic acids is 2. The van der Waals surface area contributed by atoms with Crippen LogP contribution in [0.15, 0.2) is 0 Å². The highest BCUT2D eigenvalue weighted by atomic mass is 16.4. The van der Waals surface area contributed by atoms with E-state index in [1.807, 2.05) is 0 Å². The van der Waals surface area contributed by atoms with E-state index in [0.29, 0.717) is 12.8 Å². The molecule has 14 N–H and O–H groups in total. The van der Waals surface area contributed by atoms with Crippen molar-refractivity contribution in [3.63, 3.8) is 0 Å². The molecule has 0 radical (unpaired) electrons. The predicted octanol–water partition coefficient (Wildman–Crippen LogP) is 13.8. The molecule has 0 saturated carbocycles. The number of unbranched alkanes of at least 4 members (excludes halogenated alkanes) is 48. The maximum atomic E-state index is 10.4. The van der Waals surface area contributed by atoms with Gasteiger partial charge < -0.3 is 71.5 Å². The fourth-order valence-corrected chi connectivity index (χ4v) is 9.06. The van der Waals surface area contributed by atoms with Gasteiger partial charge in [-0.2, -0.15) is 0 Å². The molecule has 0 aromatic carbocycles. The van der Waals surface area contributed by atoms with Crippen LogP contribution >= 0.6 is 0 Å². The fraction of sp³-hybridized carbons (Fsp3) is 0.971. The van der Waals surface area contributed by atoms with Crippen molar-refractivity contribution in [2.45, 2.75) is 372 Å². The number of aliphatic carboxylic acids is 2. The highest BCUT2D eigenvalue weighted by molar-refractivity contribution is 5.66. The molecule has 0 aromatic heterocycles. The number of aliphatic hydroxyl groups excluding tert-OH is 12. The van der Waals surface area contributed by atoms with Crippen LogP contribution in [-0.2, 0) is 9.59 Å². The van der Waals surface area contributed by atoms with Crippen molar-refractivity contribution in [1.82, 2.24) is 0 Å². The Kier molecular flexibility index (Phi) is 101. The summed E-state index contributed by atoms with van der Waals surface area (Å²) in [5, 5.41) is 113. The standard InChI is InChI=1S/2C28H56O2.4C3H8O3/c2*1-2-3-4-5-6-7-8-9-10-11-12-13-14-15-16-17-18-19-20-21-22-23-24-25-26-27-28(29)30;4*4-1-3(6)2-5/h2*2-27H2,1H3,(H,29,30);4*3-6H,1-2H2. The van der Waals surface area contributed by atoms with Crippen LogP contribution in [-0.4, -0.2) is 161 Å². The van der Waals surface area contributed by atoms with Crippen molar-refractivity contribution in [3.05, 3.63) is 0 Å². The van der Waals surface area contributed by atoms with E-state index in [1.54, 1.807) is 0 Å². The molecule has 0 aromatic rings. The van der Waals surface area contributed by atoms with Crippen molar-refractivity contribution in [2.75, 3.05) is 52.9 Å². The summed E-state index contributed by atoms with van der Waals surface area (Å²) in [4.78, 5) is 20.9. The maximum absolute atomic E-state index is 10.4. The minimum atomic E-state index is -0.954. The Hall–Kier alpha value is -1.54. The van der Waals surface area contributed by atoms with Crippen LogP contribution in [0.3, 0.4) is 0 Å². The molecule has 0 amide bonds. The lowest BCUT2D eigenvalue weighted by molar-refractivity contribution is -0.138. The van der Waals surface area contributed by atoms with Crippen LogP contribution in [0.2, 0.25) is 0 Å². The second-order valence-electron chi connectivity index (χ2n) is 23.3. The van der Waals surface area contributed by atoms with E-state index in [4.69, 9.17) is 71.5 Å². The van der Waals surface area contributed by atoms with Gasteiger partial charge in [0.25, 0.3) is 0 Å². The SMILES string of the molecule is CCCCCCCCCCCCCCCCCCCCCCCCCCCC(=O)O.CCCCCCCCCCCCCCCCCCCCCCCCCCCC(=O)O.OCC(O)CO.OCC(O)CO.OCC(O)CO.OCC(O)CO. The van der Waals surface area contributed by atoms with Crippen LogP contribution in [0, 0.1) is 0 Å². The Bertz CT molecular complexity index is 1000. The summed E-state index contributed by atoms with van der Waals surface area (Å²) in [7, 11) is 0. The third-order valence-electron chi connectivity index (χ3n) is 14.7. The van der Waals surface area contributed by atoms with Crippen molar-refractivity contribution < 1.29 is 81.1 Å². The molecule has 512 valence electrons. The Morgan fingerprint density at radius 1 is 0.202 bits per heavy atom. The van der Waals surface area contributed by atoms with E-state index in [1.165, 1.54) is 295 Å². The van der Waals surface area contributed by atoms with Crippen LogP contribution in [0.4, 0.5) is 0 Å². The molecule has 0 aliphatic carbocycles. The lowest BCUT2D eigenvalue weighted by Crippen LogP contribution is -2.15. The average molecular weight is 1220 g/mol. The second-order valence-corrected chi connectivity index (χ2v) is 23.3. The van der Waals surface area contributed by atoms with Crippen molar-refractivity contribution in [2.24, 2.45) is 0 Å².